The fourth-order valence-corrected chi connectivity index (χ4v) is 2.95. The molecule has 0 aliphatic carbocycles. The minimum atomic E-state index is -0.495. The molecule has 2 heteroatoms. The largest absolute Gasteiger partial charge is 0.260 e. The molecular weight excluding hydrogens is 168 g/mol. The summed E-state index contributed by atoms with van der Waals surface area (Å²) in [6, 6.07) is 0. The maximum atomic E-state index is 11.3. The summed E-state index contributed by atoms with van der Waals surface area (Å²) >= 11 is 0. The van der Waals surface area contributed by atoms with E-state index in [0.717, 1.165) is 11.5 Å². The van der Waals surface area contributed by atoms with Crippen LogP contribution in [-0.2, 0) is 10.8 Å². The van der Waals surface area contributed by atoms with Gasteiger partial charge in [0.05, 0.1) is 0 Å². The average Bonchev–Trinajstić information content (AvgIpc) is 2.11. The zero-order valence-electron chi connectivity index (χ0n) is 7.89. The predicted octanol–water partition coefficient (Wildman–Crippen LogP) is 2.87. The van der Waals surface area contributed by atoms with Gasteiger partial charge in [-0.1, -0.05) is 38.5 Å². The Kier molecular flexibility index (Phi) is 5.66. The van der Waals surface area contributed by atoms with E-state index in [1.54, 1.807) is 0 Å². The van der Waals surface area contributed by atoms with Gasteiger partial charge >= 0.3 is 0 Å². The lowest BCUT2D eigenvalue weighted by Crippen LogP contribution is -2.02. The van der Waals surface area contributed by atoms with Crippen LogP contribution in [0.3, 0.4) is 0 Å². The molecule has 1 fully saturated rings. The first-order valence-corrected chi connectivity index (χ1v) is 6.73. The molecule has 0 aromatic rings. The number of hydrogen-bond donors (Lipinski definition) is 0. The van der Waals surface area contributed by atoms with E-state index in [1.807, 2.05) is 0 Å². The molecule has 0 bridgehead atoms. The summed E-state index contributed by atoms with van der Waals surface area (Å²) in [6.07, 6.45) is 10.5. The predicted molar refractivity (Wildman–Crippen MR) is 54.8 cm³/mol. The van der Waals surface area contributed by atoms with Crippen LogP contribution >= 0.6 is 0 Å². The Bertz CT molecular complexity index is 120. The highest BCUT2D eigenvalue weighted by atomic mass is 32.2. The Labute approximate surface area is 78.4 Å². The SMILES string of the molecule is O=S1CCCCCCCCCC1. The Morgan fingerprint density at radius 2 is 0.917 bits per heavy atom. The van der Waals surface area contributed by atoms with Crippen LogP contribution in [0.1, 0.15) is 51.4 Å². The summed E-state index contributed by atoms with van der Waals surface area (Å²) in [6.45, 7) is 0. The number of rotatable bonds is 0. The molecule has 1 rings (SSSR count). The summed E-state index contributed by atoms with van der Waals surface area (Å²) in [4.78, 5) is 0. The van der Waals surface area contributed by atoms with Gasteiger partial charge in [0.1, 0.15) is 0 Å². The van der Waals surface area contributed by atoms with Crippen molar-refractivity contribution in [2.24, 2.45) is 0 Å². The van der Waals surface area contributed by atoms with Crippen molar-refractivity contribution in [1.29, 1.82) is 0 Å². The van der Waals surface area contributed by atoms with Gasteiger partial charge in [-0.15, -0.1) is 0 Å². The molecule has 0 N–H and O–H groups in total. The van der Waals surface area contributed by atoms with Gasteiger partial charge in [0.25, 0.3) is 0 Å². The van der Waals surface area contributed by atoms with Gasteiger partial charge in [0.15, 0.2) is 0 Å². The molecule has 0 radical (unpaired) electrons. The molecule has 0 atom stereocenters. The van der Waals surface area contributed by atoms with Crippen molar-refractivity contribution in [3.8, 4) is 0 Å². The van der Waals surface area contributed by atoms with Crippen molar-refractivity contribution in [2.45, 2.75) is 51.4 Å². The van der Waals surface area contributed by atoms with Crippen molar-refractivity contribution < 1.29 is 4.21 Å². The van der Waals surface area contributed by atoms with Crippen LogP contribution in [0, 0.1) is 0 Å². The van der Waals surface area contributed by atoms with E-state index in [0.29, 0.717) is 0 Å². The maximum absolute atomic E-state index is 11.3. The van der Waals surface area contributed by atoms with Crippen molar-refractivity contribution in [3.63, 3.8) is 0 Å². The molecule has 0 saturated carbocycles. The first-order chi connectivity index (χ1) is 5.89. The van der Waals surface area contributed by atoms with Crippen molar-refractivity contribution in [2.75, 3.05) is 11.5 Å². The lowest BCUT2D eigenvalue weighted by Gasteiger charge is -1.99. The summed E-state index contributed by atoms with van der Waals surface area (Å²) in [5, 5.41) is 0. The van der Waals surface area contributed by atoms with E-state index < -0.39 is 10.8 Å². The molecule has 1 saturated heterocycles. The van der Waals surface area contributed by atoms with Gasteiger partial charge < -0.3 is 0 Å². The third kappa shape index (κ3) is 4.91. The second kappa shape index (κ2) is 6.64. The molecule has 0 aromatic carbocycles. The highest BCUT2D eigenvalue weighted by Gasteiger charge is 2.01. The third-order valence-electron chi connectivity index (χ3n) is 2.49. The van der Waals surface area contributed by atoms with Crippen LogP contribution in [0.5, 0.6) is 0 Å². The topological polar surface area (TPSA) is 17.1 Å². The van der Waals surface area contributed by atoms with Crippen LogP contribution in [-0.4, -0.2) is 15.7 Å². The normalized spacial score (nSPS) is 24.7. The van der Waals surface area contributed by atoms with Crippen LogP contribution in [0.4, 0.5) is 0 Å². The van der Waals surface area contributed by atoms with E-state index in [2.05, 4.69) is 0 Å². The molecule has 0 aromatic heterocycles. The summed E-state index contributed by atoms with van der Waals surface area (Å²) in [5.74, 6) is 1.92. The lowest BCUT2D eigenvalue weighted by atomic mass is 10.1. The van der Waals surface area contributed by atoms with Crippen molar-refractivity contribution in [3.05, 3.63) is 0 Å². The molecule has 0 spiro atoms. The third-order valence-corrected chi connectivity index (χ3v) is 3.98. The quantitative estimate of drug-likeness (QED) is 0.571. The second-order valence-corrected chi connectivity index (χ2v) is 5.37. The van der Waals surface area contributed by atoms with E-state index in [1.165, 1.54) is 51.4 Å². The fourth-order valence-electron chi connectivity index (χ4n) is 1.69. The summed E-state index contributed by atoms with van der Waals surface area (Å²) < 4.78 is 11.3. The first-order valence-electron chi connectivity index (χ1n) is 5.24. The first kappa shape index (κ1) is 10.2. The molecule has 1 aliphatic rings. The highest BCUT2D eigenvalue weighted by molar-refractivity contribution is 7.84. The van der Waals surface area contributed by atoms with E-state index in [-0.39, 0.29) is 0 Å². The minimum absolute atomic E-state index is 0.495. The Balaban J connectivity index is 2.17. The lowest BCUT2D eigenvalue weighted by molar-refractivity contribution is 0.591. The van der Waals surface area contributed by atoms with Gasteiger partial charge in [0.2, 0.25) is 0 Å². The highest BCUT2D eigenvalue weighted by Crippen LogP contribution is 2.11. The van der Waals surface area contributed by atoms with E-state index in [4.69, 9.17) is 0 Å². The van der Waals surface area contributed by atoms with E-state index in [9.17, 15) is 4.21 Å². The zero-order valence-corrected chi connectivity index (χ0v) is 8.70. The summed E-state index contributed by atoms with van der Waals surface area (Å²) in [7, 11) is -0.495. The van der Waals surface area contributed by atoms with Gasteiger partial charge in [-0.2, -0.15) is 0 Å². The smallest absolute Gasteiger partial charge is 0.0234 e. The Morgan fingerprint density at radius 1 is 0.583 bits per heavy atom. The molecule has 1 heterocycles. The van der Waals surface area contributed by atoms with Crippen LogP contribution in [0.2, 0.25) is 0 Å². The number of hydrogen-bond acceptors (Lipinski definition) is 1. The minimum Gasteiger partial charge on any atom is -0.260 e. The Morgan fingerprint density at radius 3 is 1.33 bits per heavy atom. The van der Waals surface area contributed by atoms with Crippen LogP contribution in [0.15, 0.2) is 0 Å². The molecule has 1 nitrogen and oxygen atoms in total. The molecule has 12 heavy (non-hydrogen) atoms. The van der Waals surface area contributed by atoms with Gasteiger partial charge in [-0.05, 0) is 12.8 Å². The van der Waals surface area contributed by atoms with Crippen LogP contribution < -0.4 is 0 Å². The van der Waals surface area contributed by atoms with E-state index >= 15 is 0 Å². The van der Waals surface area contributed by atoms with Crippen molar-refractivity contribution in [1.82, 2.24) is 0 Å². The molecular formula is C10H20OS. The summed E-state index contributed by atoms with van der Waals surface area (Å²) in [5.41, 5.74) is 0. The molecule has 0 amide bonds. The molecule has 72 valence electrons. The molecule has 0 unspecified atom stereocenters. The van der Waals surface area contributed by atoms with Gasteiger partial charge in [0, 0.05) is 22.3 Å². The Hall–Kier alpha value is 0.150. The van der Waals surface area contributed by atoms with Crippen LogP contribution in [0.25, 0.3) is 0 Å². The van der Waals surface area contributed by atoms with Crippen molar-refractivity contribution >= 4 is 10.8 Å². The second-order valence-electron chi connectivity index (χ2n) is 3.68. The standard InChI is InChI=1S/C10H20OS/c11-12-9-7-5-3-1-2-4-6-8-10-12/h1-10H2. The monoisotopic (exact) mass is 188 g/mol. The zero-order chi connectivity index (χ0) is 8.65. The molecule has 1 aliphatic heterocycles. The fraction of sp³-hybridized carbons (Fsp3) is 1.00. The average molecular weight is 188 g/mol. The van der Waals surface area contributed by atoms with Gasteiger partial charge in [-0.3, -0.25) is 4.21 Å². The van der Waals surface area contributed by atoms with Gasteiger partial charge in [-0.25, -0.2) is 0 Å². The maximum Gasteiger partial charge on any atom is 0.0234 e.